The Balaban J connectivity index is 1.97. The minimum atomic E-state index is 0.450. The van der Waals surface area contributed by atoms with Crippen LogP contribution in [0.1, 0.15) is 52.4 Å². The number of piperidine rings is 1. The predicted octanol–water partition coefficient (Wildman–Crippen LogP) is 2.39. The van der Waals surface area contributed by atoms with Crippen LogP contribution in [-0.4, -0.2) is 36.1 Å². The van der Waals surface area contributed by atoms with Crippen molar-refractivity contribution < 1.29 is 0 Å². The molecule has 2 rings (SSSR count). The smallest absolute Gasteiger partial charge is 0.0156 e. The molecule has 2 heteroatoms. The molecule has 2 nitrogen and oxygen atoms in total. The third-order valence-electron chi connectivity index (χ3n) is 4.47. The second-order valence-electron chi connectivity index (χ2n) is 5.92. The minimum absolute atomic E-state index is 0.450. The highest BCUT2D eigenvalue weighted by molar-refractivity contribution is 4.94. The van der Waals surface area contributed by atoms with Gasteiger partial charge in [0.25, 0.3) is 0 Å². The fraction of sp³-hybridized carbons (Fsp3) is 1.00. The van der Waals surface area contributed by atoms with Gasteiger partial charge in [-0.1, -0.05) is 6.42 Å². The zero-order valence-electron chi connectivity index (χ0n) is 10.6. The number of likely N-dealkylation sites (tertiary alicyclic amines) is 1. The lowest BCUT2D eigenvalue weighted by molar-refractivity contribution is 0.0347. The summed E-state index contributed by atoms with van der Waals surface area (Å²) in [5, 5.41) is 3.43. The van der Waals surface area contributed by atoms with E-state index in [2.05, 4.69) is 31.1 Å². The molecule has 1 saturated carbocycles. The second-order valence-corrected chi connectivity index (χ2v) is 5.92. The summed E-state index contributed by atoms with van der Waals surface area (Å²) in [5.41, 5.74) is 0.450. The summed E-state index contributed by atoms with van der Waals surface area (Å²) in [5.74, 6) is 0. The molecule has 2 fully saturated rings. The molecule has 0 spiro atoms. The molecule has 1 aliphatic carbocycles. The average molecular weight is 210 g/mol. The molecule has 0 aromatic rings. The fourth-order valence-corrected chi connectivity index (χ4v) is 3.47. The summed E-state index contributed by atoms with van der Waals surface area (Å²) in [4.78, 5) is 2.79. The Bertz CT molecular complexity index is 213. The normalized spacial score (nSPS) is 37.0. The van der Waals surface area contributed by atoms with Gasteiger partial charge in [0.05, 0.1) is 0 Å². The maximum Gasteiger partial charge on any atom is 0.0156 e. The molecule has 0 aromatic heterocycles. The fourth-order valence-electron chi connectivity index (χ4n) is 3.47. The second kappa shape index (κ2) is 4.42. The highest BCUT2D eigenvalue weighted by Gasteiger charge is 2.37. The zero-order chi connectivity index (χ0) is 10.9. The Kier molecular flexibility index (Phi) is 3.36. The summed E-state index contributed by atoms with van der Waals surface area (Å²) in [6.07, 6.45) is 8.34. The van der Waals surface area contributed by atoms with Crippen LogP contribution in [0.4, 0.5) is 0 Å². The predicted molar refractivity (Wildman–Crippen MR) is 65.1 cm³/mol. The molecule has 15 heavy (non-hydrogen) atoms. The van der Waals surface area contributed by atoms with Gasteiger partial charge in [-0.3, -0.25) is 4.90 Å². The largest absolute Gasteiger partial charge is 0.317 e. The molecule has 0 bridgehead atoms. The van der Waals surface area contributed by atoms with Gasteiger partial charge in [-0.15, -0.1) is 0 Å². The van der Waals surface area contributed by atoms with Crippen LogP contribution in [0.2, 0.25) is 0 Å². The van der Waals surface area contributed by atoms with E-state index in [1.807, 2.05) is 0 Å². The van der Waals surface area contributed by atoms with Crippen LogP contribution in [0.25, 0.3) is 0 Å². The van der Waals surface area contributed by atoms with Gasteiger partial charge >= 0.3 is 0 Å². The number of hydrogen-bond donors (Lipinski definition) is 1. The minimum Gasteiger partial charge on any atom is -0.317 e. The molecule has 1 aliphatic heterocycles. The highest BCUT2D eigenvalue weighted by Crippen LogP contribution is 2.35. The lowest BCUT2D eigenvalue weighted by Gasteiger charge is -2.46. The van der Waals surface area contributed by atoms with E-state index in [0.717, 1.165) is 12.1 Å². The molecule has 0 amide bonds. The summed E-state index contributed by atoms with van der Waals surface area (Å²) in [7, 11) is 2.11. The Morgan fingerprint density at radius 2 is 2.00 bits per heavy atom. The summed E-state index contributed by atoms with van der Waals surface area (Å²) in [6.45, 7) is 6.19. The summed E-state index contributed by atoms with van der Waals surface area (Å²) < 4.78 is 0. The molecular weight excluding hydrogens is 184 g/mol. The van der Waals surface area contributed by atoms with E-state index in [9.17, 15) is 0 Å². The lowest BCUT2D eigenvalue weighted by atomic mass is 9.88. The standard InChI is InChI=1S/C13H26N2/c1-13(2)8-4-5-9-15(13)12-7-6-11(10-12)14-3/h11-12,14H,4-10H2,1-3H3. The van der Waals surface area contributed by atoms with E-state index in [-0.39, 0.29) is 0 Å². The topological polar surface area (TPSA) is 15.3 Å². The summed E-state index contributed by atoms with van der Waals surface area (Å²) in [6, 6.07) is 1.62. The zero-order valence-corrected chi connectivity index (χ0v) is 10.6. The average Bonchev–Trinajstić information content (AvgIpc) is 2.65. The number of rotatable bonds is 2. The van der Waals surface area contributed by atoms with Gasteiger partial charge < -0.3 is 5.32 Å². The van der Waals surface area contributed by atoms with Crippen LogP contribution in [0.3, 0.4) is 0 Å². The first-order valence-electron chi connectivity index (χ1n) is 6.57. The van der Waals surface area contributed by atoms with Crippen molar-refractivity contribution >= 4 is 0 Å². The molecule has 2 aliphatic rings. The van der Waals surface area contributed by atoms with Crippen molar-refractivity contribution in [2.45, 2.75) is 70.0 Å². The van der Waals surface area contributed by atoms with Crippen LogP contribution in [-0.2, 0) is 0 Å². The van der Waals surface area contributed by atoms with Gasteiger partial charge in [0.2, 0.25) is 0 Å². The van der Waals surface area contributed by atoms with Crippen molar-refractivity contribution in [3.8, 4) is 0 Å². The monoisotopic (exact) mass is 210 g/mol. The number of nitrogens with one attached hydrogen (secondary N) is 1. The van der Waals surface area contributed by atoms with Gasteiger partial charge in [0.15, 0.2) is 0 Å². The van der Waals surface area contributed by atoms with E-state index >= 15 is 0 Å². The third-order valence-corrected chi connectivity index (χ3v) is 4.47. The van der Waals surface area contributed by atoms with Crippen LogP contribution in [0, 0.1) is 0 Å². The molecule has 0 aromatic carbocycles. The third kappa shape index (κ3) is 2.36. The first kappa shape index (κ1) is 11.4. The van der Waals surface area contributed by atoms with Crippen molar-refractivity contribution in [3.05, 3.63) is 0 Å². The molecule has 0 radical (unpaired) electrons. The Morgan fingerprint density at radius 1 is 1.20 bits per heavy atom. The molecule has 1 N–H and O–H groups in total. The Morgan fingerprint density at radius 3 is 2.60 bits per heavy atom. The molecule has 2 unspecified atom stereocenters. The Hall–Kier alpha value is -0.0800. The van der Waals surface area contributed by atoms with Crippen molar-refractivity contribution in [1.82, 2.24) is 10.2 Å². The maximum atomic E-state index is 3.43. The van der Waals surface area contributed by atoms with Crippen molar-refractivity contribution in [3.63, 3.8) is 0 Å². The van der Waals surface area contributed by atoms with E-state index in [1.165, 1.54) is 45.1 Å². The molecular formula is C13H26N2. The van der Waals surface area contributed by atoms with Crippen molar-refractivity contribution in [2.24, 2.45) is 0 Å². The lowest BCUT2D eigenvalue weighted by Crippen LogP contribution is -2.52. The van der Waals surface area contributed by atoms with Crippen LogP contribution in [0.15, 0.2) is 0 Å². The van der Waals surface area contributed by atoms with Crippen molar-refractivity contribution in [2.75, 3.05) is 13.6 Å². The highest BCUT2D eigenvalue weighted by atomic mass is 15.2. The summed E-state index contributed by atoms with van der Waals surface area (Å²) >= 11 is 0. The van der Waals surface area contributed by atoms with Crippen LogP contribution < -0.4 is 5.32 Å². The van der Waals surface area contributed by atoms with Gasteiger partial charge in [-0.2, -0.15) is 0 Å². The Labute approximate surface area is 94.4 Å². The van der Waals surface area contributed by atoms with Gasteiger partial charge in [0, 0.05) is 17.6 Å². The van der Waals surface area contributed by atoms with Gasteiger partial charge in [0.1, 0.15) is 0 Å². The molecule has 2 atom stereocenters. The van der Waals surface area contributed by atoms with Crippen LogP contribution >= 0.6 is 0 Å². The van der Waals surface area contributed by atoms with Gasteiger partial charge in [-0.05, 0) is 59.5 Å². The van der Waals surface area contributed by atoms with E-state index in [4.69, 9.17) is 0 Å². The first-order valence-corrected chi connectivity index (χ1v) is 6.57. The van der Waals surface area contributed by atoms with Crippen LogP contribution in [0.5, 0.6) is 0 Å². The number of nitrogens with zero attached hydrogens (tertiary/aromatic N) is 1. The first-order chi connectivity index (χ1) is 7.13. The molecule has 1 heterocycles. The van der Waals surface area contributed by atoms with Crippen molar-refractivity contribution in [1.29, 1.82) is 0 Å². The van der Waals surface area contributed by atoms with E-state index in [1.54, 1.807) is 0 Å². The van der Waals surface area contributed by atoms with E-state index < -0.39 is 0 Å². The quantitative estimate of drug-likeness (QED) is 0.753. The molecule has 88 valence electrons. The SMILES string of the molecule is CNC1CCC(N2CCCCC2(C)C)C1. The van der Waals surface area contributed by atoms with Gasteiger partial charge in [-0.25, -0.2) is 0 Å². The molecule has 1 saturated heterocycles. The maximum absolute atomic E-state index is 3.43. The van der Waals surface area contributed by atoms with E-state index in [0.29, 0.717) is 5.54 Å². The number of hydrogen-bond acceptors (Lipinski definition) is 2.